The van der Waals surface area contributed by atoms with Crippen molar-refractivity contribution >= 4 is 0 Å². The molecule has 0 spiro atoms. The summed E-state index contributed by atoms with van der Waals surface area (Å²) < 4.78 is 5.13. The van der Waals surface area contributed by atoms with Crippen LogP contribution < -0.4 is 4.74 Å². The summed E-state index contributed by atoms with van der Waals surface area (Å²) in [5.74, 6) is 0.379. The van der Waals surface area contributed by atoms with Crippen molar-refractivity contribution in [1.29, 1.82) is 0 Å². The molecule has 0 bridgehead atoms. The van der Waals surface area contributed by atoms with Crippen molar-refractivity contribution in [2.24, 2.45) is 0 Å². The molecular weight excluding hydrogens is 172 g/mol. The Morgan fingerprint density at radius 3 is 2.85 bits per heavy atom. The summed E-state index contributed by atoms with van der Waals surface area (Å²) in [6.45, 7) is 0.204. The molecule has 70 valence electrons. The Morgan fingerprint density at radius 1 is 1.31 bits per heavy atom. The molecule has 13 heavy (non-hydrogen) atoms. The van der Waals surface area contributed by atoms with Crippen molar-refractivity contribution < 1.29 is 20.1 Å². The van der Waals surface area contributed by atoms with E-state index in [1.807, 2.05) is 0 Å². The third-order valence-corrected chi connectivity index (χ3v) is 2.04. The van der Waals surface area contributed by atoms with Crippen LogP contribution in [-0.4, -0.2) is 28.0 Å². The summed E-state index contributed by atoms with van der Waals surface area (Å²) >= 11 is 0. The van der Waals surface area contributed by atoms with Crippen LogP contribution in [0.2, 0.25) is 0 Å². The highest BCUT2D eigenvalue weighted by Crippen LogP contribution is 2.35. The Morgan fingerprint density at radius 2 is 2.08 bits per heavy atom. The van der Waals surface area contributed by atoms with Crippen LogP contribution in [0, 0.1) is 0 Å². The number of benzene rings is 1. The van der Waals surface area contributed by atoms with Crippen molar-refractivity contribution in [2.45, 2.75) is 12.5 Å². The number of hydrogen-bond acceptors (Lipinski definition) is 4. The number of phenols is 2. The molecule has 1 aliphatic rings. The van der Waals surface area contributed by atoms with Gasteiger partial charge in [-0.25, -0.2) is 0 Å². The summed E-state index contributed by atoms with van der Waals surface area (Å²) in [5.41, 5.74) is 0.552. The molecule has 1 heterocycles. The monoisotopic (exact) mass is 182 g/mol. The maximum Gasteiger partial charge on any atom is 0.130 e. The normalized spacial score (nSPS) is 20.5. The van der Waals surface area contributed by atoms with Crippen molar-refractivity contribution in [3.63, 3.8) is 0 Å². The van der Waals surface area contributed by atoms with Crippen LogP contribution in [0.3, 0.4) is 0 Å². The first-order chi connectivity index (χ1) is 6.16. The van der Waals surface area contributed by atoms with E-state index in [1.165, 1.54) is 12.1 Å². The third-order valence-electron chi connectivity index (χ3n) is 2.04. The molecule has 3 N–H and O–H groups in total. The highest BCUT2D eigenvalue weighted by molar-refractivity contribution is 5.50. The molecule has 1 aromatic rings. The molecule has 0 aliphatic carbocycles. The van der Waals surface area contributed by atoms with Crippen LogP contribution in [0.1, 0.15) is 5.56 Å². The van der Waals surface area contributed by atoms with E-state index in [2.05, 4.69) is 0 Å². The minimum absolute atomic E-state index is 0.0336. The average Bonchev–Trinajstić information content (AvgIpc) is 2.06. The van der Waals surface area contributed by atoms with E-state index in [-0.39, 0.29) is 18.1 Å². The smallest absolute Gasteiger partial charge is 0.130 e. The lowest BCUT2D eigenvalue weighted by Gasteiger charge is -2.22. The van der Waals surface area contributed by atoms with Crippen LogP contribution in [0.4, 0.5) is 0 Å². The van der Waals surface area contributed by atoms with E-state index < -0.39 is 6.10 Å². The van der Waals surface area contributed by atoms with Crippen LogP contribution in [0.15, 0.2) is 12.1 Å². The van der Waals surface area contributed by atoms with Gasteiger partial charge < -0.3 is 20.1 Å². The van der Waals surface area contributed by atoms with Gasteiger partial charge in [0.15, 0.2) is 0 Å². The number of rotatable bonds is 0. The first kappa shape index (κ1) is 8.19. The zero-order chi connectivity index (χ0) is 9.42. The van der Waals surface area contributed by atoms with Crippen molar-refractivity contribution in [1.82, 2.24) is 0 Å². The molecule has 0 aromatic heterocycles. The van der Waals surface area contributed by atoms with Gasteiger partial charge in [-0.15, -0.1) is 0 Å². The van der Waals surface area contributed by atoms with Crippen molar-refractivity contribution in [2.75, 3.05) is 6.61 Å². The lowest BCUT2D eigenvalue weighted by atomic mass is 10.0. The Bertz CT molecular complexity index is 335. The first-order valence-corrected chi connectivity index (χ1v) is 4.02. The fourth-order valence-corrected chi connectivity index (χ4v) is 1.43. The summed E-state index contributed by atoms with van der Waals surface area (Å²) in [4.78, 5) is 0. The minimum Gasteiger partial charge on any atom is -0.508 e. The van der Waals surface area contributed by atoms with E-state index in [0.29, 0.717) is 17.7 Å². The summed E-state index contributed by atoms with van der Waals surface area (Å²) in [5, 5.41) is 27.8. The van der Waals surface area contributed by atoms with Gasteiger partial charge in [-0.2, -0.15) is 0 Å². The van der Waals surface area contributed by atoms with E-state index in [9.17, 15) is 10.2 Å². The Balaban J connectivity index is 2.47. The highest BCUT2D eigenvalue weighted by atomic mass is 16.5. The van der Waals surface area contributed by atoms with Crippen LogP contribution in [0.25, 0.3) is 0 Å². The Kier molecular flexibility index (Phi) is 1.77. The molecule has 0 fully saturated rings. The summed E-state index contributed by atoms with van der Waals surface area (Å²) in [6.07, 6.45) is -0.218. The standard InChI is InChI=1S/C9H10O4/c10-5-2-8(12)7-1-6(11)4-13-9(7)3-5/h2-3,6,10-12H,1,4H2/t6-/m1/s1. The van der Waals surface area contributed by atoms with E-state index in [0.717, 1.165) is 0 Å². The fraction of sp³-hybridized carbons (Fsp3) is 0.333. The SMILES string of the molecule is Oc1cc(O)c2c(c1)OC[C@H](O)C2. The fourth-order valence-electron chi connectivity index (χ4n) is 1.43. The van der Waals surface area contributed by atoms with Gasteiger partial charge in [0.2, 0.25) is 0 Å². The van der Waals surface area contributed by atoms with Gasteiger partial charge in [0.25, 0.3) is 0 Å². The van der Waals surface area contributed by atoms with E-state index in [1.54, 1.807) is 0 Å². The van der Waals surface area contributed by atoms with Crippen LogP contribution >= 0.6 is 0 Å². The number of hydrogen-bond donors (Lipinski definition) is 3. The molecule has 0 radical (unpaired) electrons. The maximum atomic E-state index is 9.40. The second kappa shape index (κ2) is 2.81. The lowest BCUT2D eigenvalue weighted by molar-refractivity contribution is 0.0906. The summed E-state index contributed by atoms with van der Waals surface area (Å²) in [7, 11) is 0. The zero-order valence-corrected chi connectivity index (χ0v) is 6.90. The molecule has 1 aromatic carbocycles. The van der Waals surface area contributed by atoms with E-state index >= 15 is 0 Å². The molecule has 4 heteroatoms. The van der Waals surface area contributed by atoms with Crippen LogP contribution in [0.5, 0.6) is 17.2 Å². The Hall–Kier alpha value is -1.42. The third kappa shape index (κ3) is 1.40. The lowest BCUT2D eigenvalue weighted by Crippen LogP contribution is -2.25. The quantitative estimate of drug-likeness (QED) is 0.543. The number of fused-ring (bicyclic) bond motifs is 1. The summed E-state index contributed by atoms with van der Waals surface area (Å²) in [6, 6.07) is 2.67. The highest BCUT2D eigenvalue weighted by Gasteiger charge is 2.21. The van der Waals surface area contributed by atoms with Gasteiger partial charge in [0, 0.05) is 24.1 Å². The number of aromatic hydroxyl groups is 2. The van der Waals surface area contributed by atoms with Gasteiger partial charge >= 0.3 is 0 Å². The molecule has 0 amide bonds. The molecule has 2 rings (SSSR count). The largest absolute Gasteiger partial charge is 0.508 e. The first-order valence-electron chi connectivity index (χ1n) is 4.02. The molecule has 1 aliphatic heterocycles. The molecule has 0 saturated carbocycles. The Labute approximate surface area is 75.0 Å². The minimum atomic E-state index is -0.581. The average molecular weight is 182 g/mol. The number of phenolic OH excluding ortho intramolecular Hbond substituents is 2. The number of aliphatic hydroxyl groups is 1. The molecule has 0 saturated heterocycles. The number of ether oxygens (including phenoxy) is 1. The zero-order valence-electron chi connectivity index (χ0n) is 6.90. The van der Waals surface area contributed by atoms with E-state index in [4.69, 9.17) is 9.84 Å². The van der Waals surface area contributed by atoms with Crippen LogP contribution in [-0.2, 0) is 6.42 Å². The van der Waals surface area contributed by atoms with Gasteiger partial charge in [-0.3, -0.25) is 0 Å². The number of aliphatic hydroxyl groups excluding tert-OH is 1. The second-order valence-corrected chi connectivity index (χ2v) is 3.11. The maximum absolute atomic E-state index is 9.40. The molecule has 1 atom stereocenters. The van der Waals surface area contributed by atoms with Gasteiger partial charge in [-0.05, 0) is 0 Å². The predicted octanol–water partition coefficient (Wildman–Crippen LogP) is 0.394. The van der Waals surface area contributed by atoms with Gasteiger partial charge in [0.05, 0.1) is 6.10 Å². The van der Waals surface area contributed by atoms with Gasteiger partial charge in [-0.1, -0.05) is 0 Å². The van der Waals surface area contributed by atoms with Crippen molar-refractivity contribution in [3.05, 3.63) is 17.7 Å². The van der Waals surface area contributed by atoms with Crippen molar-refractivity contribution in [3.8, 4) is 17.2 Å². The predicted molar refractivity (Wildman–Crippen MR) is 45.0 cm³/mol. The molecular formula is C9H10O4. The topological polar surface area (TPSA) is 69.9 Å². The molecule has 0 unspecified atom stereocenters. The molecule has 4 nitrogen and oxygen atoms in total. The van der Waals surface area contributed by atoms with Gasteiger partial charge in [0.1, 0.15) is 23.9 Å². The second-order valence-electron chi connectivity index (χ2n) is 3.11.